The Kier molecular flexibility index (Phi) is 28.5. The summed E-state index contributed by atoms with van der Waals surface area (Å²) in [5.41, 5.74) is 0. The molecule has 0 heterocycles. The highest BCUT2D eigenvalue weighted by atomic mass is 29.1. The molecule has 40 valence electrons. The van der Waals surface area contributed by atoms with Gasteiger partial charge in [-0.05, 0) is 9.76 Å². The molecule has 0 nitrogen and oxygen atoms in total. The molecule has 0 fully saturated rings. The van der Waals surface area contributed by atoms with Gasteiger partial charge < -0.3 is 0 Å². The van der Waals surface area contributed by atoms with Gasteiger partial charge in [0.1, 0.15) is 0 Å². The van der Waals surface area contributed by atoms with Gasteiger partial charge in [-0.1, -0.05) is 19.5 Å². The largest absolute Gasteiger partial charge is 0.0774 e. The molecule has 0 saturated carbocycles. The summed E-state index contributed by atoms with van der Waals surface area (Å²) >= 11 is 0. The SMILES string of the molecule is CC[SiH3].C[SiH2][SiH3]. The Morgan fingerprint density at radius 3 is 1.67 bits per heavy atom. The van der Waals surface area contributed by atoms with Crippen LogP contribution in [0.25, 0.3) is 0 Å². The lowest BCUT2D eigenvalue weighted by molar-refractivity contribution is 1.48. The summed E-state index contributed by atoms with van der Waals surface area (Å²) in [7, 11) is 3.43. The molecule has 0 radical (unpaired) electrons. The predicted octanol–water partition coefficient (Wildman–Crippen LogP) is -1.73. The summed E-state index contributed by atoms with van der Waals surface area (Å²) < 4.78 is 0. The van der Waals surface area contributed by atoms with Gasteiger partial charge in [-0.25, -0.2) is 0 Å². The van der Waals surface area contributed by atoms with Crippen LogP contribution in [0.1, 0.15) is 6.92 Å². The molecule has 0 bridgehead atoms. The highest BCUT2D eigenvalue weighted by Gasteiger charge is 1.39. The van der Waals surface area contributed by atoms with Crippen LogP contribution >= 0.6 is 0 Å². The Morgan fingerprint density at radius 2 is 1.67 bits per heavy atom. The quantitative estimate of drug-likeness (QED) is 0.347. The molecular formula is C3H16Si3. The van der Waals surface area contributed by atoms with Crippen LogP contribution in [0.2, 0.25) is 12.6 Å². The zero-order valence-electron chi connectivity index (χ0n) is 5.41. The molecular weight excluding hydrogens is 120 g/mol. The van der Waals surface area contributed by atoms with Crippen LogP contribution in [0.3, 0.4) is 0 Å². The third kappa shape index (κ3) is 146. The van der Waals surface area contributed by atoms with Crippen LogP contribution < -0.4 is 0 Å². The molecule has 0 aliphatic rings. The maximum Gasteiger partial charge on any atom is 0.00244 e. The second kappa shape index (κ2) is 17.4. The van der Waals surface area contributed by atoms with Crippen LogP contribution in [-0.2, 0) is 0 Å². The van der Waals surface area contributed by atoms with Crippen molar-refractivity contribution < 1.29 is 0 Å². The van der Waals surface area contributed by atoms with Crippen molar-refractivity contribution in [3.05, 3.63) is 0 Å². The fraction of sp³-hybridized carbons (Fsp3) is 1.00. The maximum atomic E-state index is 2.33. The standard InChI is InChI=1S/C2H8Si.CH8Si2/c1-2-3;1-3-2/h2H2,1,3H3;3H2,1-2H3. The van der Waals surface area contributed by atoms with E-state index in [1.54, 1.807) is 0 Å². The second-order valence-corrected chi connectivity index (χ2v) is 8.49. The van der Waals surface area contributed by atoms with E-state index in [1.165, 1.54) is 26.0 Å². The van der Waals surface area contributed by atoms with Crippen LogP contribution in [0.5, 0.6) is 0 Å². The fourth-order valence-corrected chi connectivity index (χ4v) is 0. The zero-order valence-corrected chi connectivity index (χ0v) is 10.8. The van der Waals surface area contributed by atoms with Gasteiger partial charge in [-0.3, -0.25) is 0 Å². The second-order valence-electron chi connectivity index (χ2n) is 1.41. The predicted molar refractivity (Wildman–Crippen MR) is 44.8 cm³/mol. The van der Waals surface area contributed by atoms with Crippen molar-refractivity contribution in [3.63, 3.8) is 0 Å². The highest BCUT2D eigenvalue weighted by molar-refractivity contribution is 6.88. The zero-order chi connectivity index (χ0) is 5.41. The van der Waals surface area contributed by atoms with Crippen LogP contribution in [-0.4, -0.2) is 29.0 Å². The number of hydrogen-bond donors (Lipinski definition) is 0. The summed E-state index contributed by atoms with van der Waals surface area (Å²) in [5, 5.41) is 0. The Hall–Kier alpha value is 0.651. The van der Waals surface area contributed by atoms with E-state index in [0.717, 1.165) is 0 Å². The Bertz CT molecular complexity index is 8.00. The summed E-state index contributed by atoms with van der Waals surface area (Å²) in [6.07, 6.45) is 0. The summed E-state index contributed by atoms with van der Waals surface area (Å²) in [5.74, 6) is 0. The summed E-state index contributed by atoms with van der Waals surface area (Å²) in [6.45, 7) is 4.51. The molecule has 0 N–H and O–H groups in total. The minimum absolute atomic E-state index is 0.556. The minimum atomic E-state index is 0.556. The molecule has 0 aliphatic carbocycles. The van der Waals surface area contributed by atoms with E-state index >= 15 is 0 Å². The first kappa shape index (κ1) is 9.82. The van der Waals surface area contributed by atoms with E-state index in [1.807, 2.05) is 0 Å². The number of hydrogen-bond acceptors (Lipinski definition) is 0. The molecule has 0 unspecified atom stereocenters. The Balaban J connectivity index is 0. The monoisotopic (exact) mass is 136 g/mol. The van der Waals surface area contributed by atoms with Gasteiger partial charge in [-0.2, -0.15) is 0 Å². The smallest absolute Gasteiger partial charge is 0.00244 e. The van der Waals surface area contributed by atoms with Crippen LogP contribution in [0.4, 0.5) is 0 Å². The first-order chi connectivity index (χ1) is 2.83. The van der Waals surface area contributed by atoms with Crippen molar-refractivity contribution in [2.75, 3.05) is 0 Å². The van der Waals surface area contributed by atoms with Gasteiger partial charge in [0, 0.05) is 19.3 Å². The molecule has 0 amide bonds. The average molecular weight is 136 g/mol. The number of rotatable bonds is 0. The molecule has 0 aliphatic heterocycles. The van der Waals surface area contributed by atoms with Crippen molar-refractivity contribution in [1.29, 1.82) is 0 Å². The van der Waals surface area contributed by atoms with Crippen molar-refractivity contribution in [2.24, 2.45) is 0 Å². The van der Waals surface area contributed by atoms with Gasteiger partial charge in [-0.15, -0.1) is 0 Å². The van der Waals surface area contributed by atoms with Crippen molar-refractivity contribution in [1.82, 2.24) is 0 Å². The van der Waals surface area contributed by atoms with E-state index in [-0.39, 0.29) is 0 Å². The molecule has 0 spiro atoms. The van der Waals surface area contributed by atoms with Gasteiger partial charge in [0.15, 0.2) is 0 Å². The van der Waals surface area contributed by atoms with E-state index in [0.29, 0.717) is 9.04 Å². The molecule has 6 heavy (non-hydrogen) atoms. The topological polar surface area (TPSA) is 0 Å². The van der Waals surface area contributed by atoms with E-state index < -0.39 is 0 Å². The molecule has 0 aromatic rings. The van der Waals surface area contributed by atoms with Gasteiger partial charge in [0.05, 0.1) is 0 Å². The molecule has 0 atom stereocenters. The first-order valence-corrected chi connectivity index (χ1v) is 11.3. The van der Waals surface area contributed by atoms with Crippen molar-refractivity contribution >= 4 is 29.0 Å². The summed E-state index contributed by atoms with van der Waals surface area (Å²) in [4.78, 5) is 0. The fourth-order valence-electron chi connectivity index (χ4n) is 0. The third-order valence-electron chi connectivity index (χ3n) is 0. The van der Waals surface area contributed by atoms with Crippen LogP contribution in [0.15, 0.2) is 0 Å². The maximum absolute atomic E-state index is 2.33. The molecule has 0 aromatic carbocycles. The van der Waals surface area contributed by atoms with E-state index in [4.69, 9.17) is 0 Å². The van der Waals surface area contributed by atoms with E-state index in [9.17, 15) is 0 Å². The molecule has 0 rings (SSSR count). The van der Waals surface area contributed by atoms with Crippen molar-refractivity contribution in [3.8, 4) is 0 Å². The van der Waals surface area contributed by atoms with Gasteiger partial charge in [0.25, 0.3) is 0 Å². The Labute approximate surface area is 49.2 Å². The molecule has 0 aromatic heterocycles. The van der Waals surface area contributed by atoms with Gasteiger partial charge >= 0.3 is 0 Å². The normalized spacial score (nSPS) is 9.00. The van der Waals surface area contributed by atoms with Gasteiger partial charge in [0.2, 0.25) is 0 Å². The Morgan fingerprint density at radius 1 is 1.67 bits per heavy atom. The average Bonchev–Trinajstić information content (AvgIpc) is 1.39. The molecule has 0 saturated heterocycles. The third-order valence-corrected chi connectivity index (χ3v) is 0. The summed E-state index contributed by atoms with van der Waals surface area (Å²) in [6, 6.07) is 1.39. The highest BCUT2D eigenvalue weighted by Crippen LogP contribution is 1.49. The van der Waals surface area contributed by atoms with Crippen molar-refractivity contribution in [2.45, 2.75) is 19.5 Å². The van der Waals surface area contributed by atoms with E-state index in [2.05, 4.69) is 13.5 Å². The minimum Gasteiger partial charge on any atom is -0.0774 e. The first-order valence-electron chi connectivity index (χ1n) is 2.83. The lowest BCUT2D eigenvalue weighted by Crippen LogP contribution is -1.68. The molecule has 3 heteroatoms. The lowest BCUT2D eigenvalue weighted by atomic mass is 11.0. The van der Waals surface area contributed by atoms with Crippen LogP contribution in [0, 0.1) is 0 Å². The lowest BCUT2D eigenvalue weighted by Gasteiger charge is -1.47.